The highest BCUT2D eigenvalue weighted by Gasteiger charge is 2.65. The lowest BCUT2D eigenvalue weighted by Crippen LogP contribution is -2.61. The van der Waals surface area contributed by atoms with E-state index in [1.54, 1.807) is 0 Å². The van der Waals surface area contributed by atoms with Crippen LogP contribution in [0.3, 0.4) is 0 Å². The second-order valence-electron chi connectivity index (χ2n) is 11.2. The molecule has 0 amide bonds. The van der Waals surface area contributed by atoms with E-state index in [2.05, 4.69) is 20.8 Å². The third kappa shape index (κ3) is 3.18. The summed E-state index contributed by atoms with van der Waals surface area (Å²) in [6.07, 6.45) is 5.55. The zero-order valence-electron chi connectivity index (χ0n) is 18.1. The first-order chi connectivity index (χ1) is 13.6. The summed E-state index contributed by atoms with van der Waals surface area (Å²) in [6.45, 7) is 6.49. The van der Waals surface area contributed by atoms with Gasteiger partial charge in [-0.25, -0.2) is 0 Å². The lowest BCUT2D eigenvalue weighted by Gasteiger charge is -2.61. The van der Waals surface area contributed by atoms with Crippen LogP contribution in [0.1, 0.15) is 78.6 Å². The molecule has 0 heterocycles. The molecule has 0 aromatic carbocycles. The van der Waals surface area contributed by atoms with Gasteiger partial charge in [0.15, 0.2) is 0 Å². The van der Waals surface area contributed by atoms with Crippen LogP contribution < -0.4 is 5.11 Å². The molecule has 4 fully saturated rings. The van der Waals surface area contributed by atoms with Gasteiger partial charge in [-0.15, -0.1) is 0 Å². The van der Waals surface area contributed by atoms with Gasteiger partial charge in [-0.2, -0.15) is 0 Å². The normalized spacial score (nSPS) is 50.4. The Labute approximate surface area is 174 Å². The van der Waals surface area contributed by atoms with E-state index < -0.39 is 17.5 Å². The van der Waals surface area contributed by atoms with E-state index in [4.69, 9.17) is 0 Å². The van der Waals surface area contributed by atoms with Crippen LogP contribution in [0, 0.1) is 46.3 Å². The topological polar surface area (TPSA) is 97.7 Å². The van der Waals surface area contributed by atoms with E-state index in [-0.39, 0.29) is 47.5 Å². The van der Waals surface area contributed by atoms with E-state index in [1.165, 1.54) is 0 Å². The van der Waals surface area contributed by atoms with E-state index in [1.807, 2.05) is 0 Å². The summed E-state index contributed by atoms with van der Waals surface area (Å²) in [7, 11) is 0. The lowest BCUT2D eigenvalue weighted by atomic mass is 9.43. The number of carbonyl (C=O) groups excluding carboxylic acids is 2. The minimum atomic E-state index is -1.02. The minimum absolute atomic E-state index is 0.0266. The van der Waals surface area contributed by atoms with E-state index in [0.29, 0.717) is 24.5 Å². The van der Waals surface area contributed by atoms with Gasteiger partial charge in [0.2, 0.25) is 0 Å². The predicted octanol–water partition coefficient (Wildman–Crippen LogP) is 2.32. The van der Waals surface area contributed by atoms with Crippen LogP contribution in [0.15, 0.2) is 0 Å². The standard InChI is InChI=1S/C24H38O5/c1-13(4-7-21(28)29)16-5-6-17-22-18(12-20(27)24(16,17)3)23(2)9-8-15(25)10-14(23)11-19(22)26/h13-19,22,25-26H,4-12H2,1-3H3,(H,28,29)/p-1/t13-,14-,15+,16-,17+,18-,19-,22-,23+,24-/m1/s1. The van der Waals surface area contributed by atoms with Crippen LogP contribution >= 0.6 is 0 Å². The maximum Gasteiger partial charge on any atom is 0.139 e. The van der Waals surface area contributed by atoms with Crippen molar-refractivity contribution >= 4 is 11.8 Å². The van der Waals surface area contributed by atoms with Crippen molar-refractivity contribution in [2.75, 3.05) is 0 Å². The molecule has 0 saturated heterocycles. The number of hydrogen-bond acceptors (Lipinski definition) is 5. The molecule has 2 N–H and O–H groups in total. The third-order valence-electron chi connectivity index (χ3n) is 10.1. The van der Waals surface area contributed by atoms with Gasteiger partial charge >= 0.3 is 0 Å². The monoisotopic (exact) mass is 405 g/mol. The first-order valence-electron chi connectivity index (χ1n) is 11.7. The summed E-state index contributed by atoms with van der Waals surface area (Å²) in [6, 6.07) is 0. The van der Waals surface area contributed by atoms with Crippen molar-refractivity contribution < 1.29 is 24.9 Å². The number of carboxylic acid groups (broad SMARTS) is 1. The molecule has 0 aromatic rings. The minimum Gasteiger partial charge on any atom is -0.550 e. The Morgan fingerprint density at radius 2 is 1.90 bits per heavy atom. The maximum absolute atomic E-state index is 13.6. The average Bonchev–Trinajstić information content (AvgIpc) is 3.01. The molecule has 4 aliphatic rings. The molecular formula is C24H37O5-. The van der Waals surface area contributed by atoms with Gasteiger partial charge in [0.05, 0.1) is 12.2 Å². The Morgan fingerprint density at radius 3 is 2.59 bits per heavy atom. The van der Waals surface area contributed by atoms with Gasteiger partial charge in [0.25, 0.3) is 0 Å². The molecular weight excluding hydrogens is 368 g/mol. The highest BCUT2D eigenvalue weighted by atomic mass is 16.4. The zero-order chi connectivity index (χ0) is 21.1. The highest BCUT2D eigenvalue weighted by Crippen LogP contribution is 2.67. The van der Waals surface area contributed by atoms with Gasteiger partial charge in [0, 0.05) is 17.8 Å². The molecule has 29 heavy (non-hydrogen) atoms. The fraction of sp³-hybridized carbons (Fsp3) is 0.917. The average molecular weight is 406 g/mol. The summed E-state index contributed by atoms with van der Waals surface area (Å²) in [4.78, 5) is 24.6. The van der Waals surface area contributed by atoms with Gasteiger partial charge in [-0.05, 0) is 92.3 Å². The number of hydrogen-bond donors (Lipinski definition) is 2. The number of carboxylic acids is 1. The molecule has 0 unspecified atom stereocenters. The van der Waals surface area contributed by atoms with Crippen molar-refractivity contribution in [1.29, 1.82) is 0 Å². The Morgan fingerprint density at radius 1 is 1.17 bits per heavy atom. The molecule has 4 saturated carbocycles. The molecule has 4 rings (SSSR count). The number of aliphatic hydroxyl groups excluding tert-OH is 2. The second-order valence-corrected chi connectivity index (χ2v) is 11.2. The first-order valence-corrected chi connectivity index (χ1v) is 11.7. The molecule has 5 heteroatoms. The van der Waals surface area contributed by atoms with E-state index >= 15 is 0 Å². The molecule has 164 valence electrons. The fourth-order valence-electron chi connectivity index (χ4n) is 8.41. The Kier molecular flexibility index (Phi) is 5.39. The number of ketones is 1. The van der Waals surface area contributed by atoms with Gasteiger partial charge in [0.1, 0.15) is 5.78 Å². The SMILES string of the molecule is C[C@H](CCC(=O)[O-])[C@H]1CC[C@H]2[C@H]3[C@H](O)C[C@H]4C[C@@H](O)CC[C@]4(C)[C@@H]3CC(=O)[C@]12C. The summed E-state index contributed by atoms with van der Waals surface area (Å²) in [5.41, 5.74) is -0.427. The molecule has 0 aromatic heterocycles. The van der Waals surface area contributed by atoms with Crippen LogP contribution in [0.25, 0.3) is 0 Å². The smallest absolute Gasteiger partial charge is 0.139 e. The van der Waals surface area contributed by atoms with E-state index in [9.17, 15) is 24.9 Å². The summed E-state index contributed by atoms with van der Waals surface area (Å²) >= 11 is 0. The molecule has 10 atom stereocenters. The number of carbonyl (C=O) groups is 2. The molecule has 0 radical (unpaired) electrons. The van der Waals surface area contributed by atoms with Crippen LogP contribution in [-0.2, 0) is 9.59 Å². The van der Waals surface area contributed by atoms with Crippen molar-refractivity contribution in [2.45, 2.75) is 90.8 Å². The van der Waals surface area contributed by atoms with Crippen LogP contribution in [-0.4, -0.2) is 34.2 Å². The Hall–Kier alpha value is -0.940. The molecule has 4 aliphatic carbocycles. The quantitative estimate of drug-likeness (QED) is 0.748. The number of aliphatic hydroxyl groups is 2. The third-order valence-corrected chi connectivity index (χ3v) is 10.1. The van der Waals surface area contributed by atoms with Crippen molar-refractivity contribution in [3.63, 3.8) is 0 Å². The summed E-state index contributed by atoms with van der Waals surface area (Å²) in [5.74, 6) is 0.477. The predicted molar refractivity (Wildman–Crippen MR) is 106 cm³/mol. The van der Waals surface area contributed by atoms with Crippen molar-refractivity contribution in [3.05, 3.63) is 0 Å². The van der Waals surface area contributed by atoms with Gasteiger partial charge < -0.3 is 20.1 Å². The Bertz CT molecular complexity index is 676. The summed E-state index contributed by atoms with van der Waals surface area (Å²) in [5, 5.41) is 32.3. The van der Waals surface area contributed by atoms with Crippen molar-refractivity contribution in [3.8, 4) is 0 Å². The summed E-state index contributed by atoms with van der Waals surface area (Å²) < 4.78 is 0. The largest absolute Gasteiger partial charge is 0.550 e. The molecule has 0 spiro atoms. The molecule has 0 bridgehead atoms. The lowest BCUT2D eigenvalue weighted by molar-refractivity contribution is -0.306. The zero-order valence-corrected chi connectivity index (χ0v) is 18.1. The van der Waals surface area contributed by atoms with Crippen molar-refractivity contribution in [1.82, 2.24) is 0 Å². The molecule has 5 nitrogen and oxygen atoms in total. The Balaban J connectivity index is 1.62. The van der Waals surface area contributed by atoms with Gasteiger partial charge in [-0.3, -0.25) is 4.79 Å². The molecule has 0 aliphatic heterocycles. The number of fused-ring (bicyclic) bond motifs is 5. The van der Waals surface area contributed by atoms with Crippen molar-refractivity contribution in [2.24, 2.45) is 46.3 Å². The number of aliphatic carboxylic acids is 1. The van der Waals surface area contributed by atoms with Crippen LogP contribution in [0.2, 0.25) is 0 Å². The second kappa shape index (κ2) is 7.33. The van der Waals surface area contributed by atoms with E-state index in [0.717, 1.165) is 38.5 Å². The number of Topliss-reactive ketones (excluding diaryl/α,β-unsaturated/α-hetero) is 1. The maximum atomic E-state index is 13.6. The highest BCUT2D eigenvalue weighted by molar-refractivity contribution is 5.87. The number of rotatable bonds is 4. The van der Waals surface area contributed by atoms with Crippen LogP contribution in [0.5, 0.6) is 0 Å². The van der Waals surface area contributed by atoms with Gasteiger partial charge in [-0.1, -0.05) is 20.8 Å². The first kappa shape index (κ1) is 21.3. The van der Waals surface area contributed by atoms with Crippen LogP contribution in [0.4, 0.5) is 0 Å². The fourth-order valence-corrected chi connectivity index (χ4v) is 8.41.